The van der Waals surface area contributed by atoms with Crippen molar-refractivity contribution >= 4 is 5.97 Å². The molecule has 5 heteroatoms. The molecule has 1 aromatic carbocycles. The Balaban J connectivity index is 2.22. The molecule has 0 aliphatic rings. The summed E-state index contributed by atoms with van der Waals surface area (Å²) in [6, 6.07) is 5.49. The third kappa shape index (κ3) is 6.02. The van der Waals surface area contributed by atoms with Crippen LogP contribution in [0.4, 0.5) is 4.39 Å². The lowest BCUT2D eigenvalue weighted by Crippen LogP contribution is -2.40. The van der Waals surface area contributed by atoms with E-state index in [2.05, 4.69) is 25.7 Å². The molecule has 0 radical (unpaired) electrons. The van der Waals surface area contributed by atoms with Crippen molar-refractivity contribution in [2.45, 2.75) is 26.3 Å². The Morgan fingerprint density at radius 3 is 2.40 bits per heavy atom. The van der Waals surface area contributed by atoms with Gasteiger partial charge in [-0.1, -0.05) is 0 Å². The largest absolute Gasteiger partial charge is 0.482 e. The van der Waals surface area contributed by atoms with E-state index in [4.69, 9.17) is 9.47 Å². The fourth-order valence-corrected chi connectivity index (χ4v) is 1.35. The van der Waals surface area contributed by atoms with Gasteiger partial charge in [0.1, 0.15) is 18.2 Å². The summed E-state index contributed by atoms with van der Waals surface area (Å²) in [5.41, 5.74) is 0.0387. The molecule has 0 aromatic heterocycles. The highest BCUT2D eigenvalue weighted by molar-refractivity contribution is 5.71. The van der Waals surface area contributed by atoms with Gasteiger partial charge in [-0.2, -0.15) is 0 Å². The monoisotopic (exact) mass is 283 g/mol. The van der Waals surface area contributed by atoms with Crippen molar-refractivity contribution in [1.29, 1.82) is 0 Å². The topological polar surface area (TPSA) is 38.8 Å². The molecule has 0 unspecified atom stereocenters. The van der Waals surface area contributed by atoms with E-state index in [1.165, 1.54) is 24.3 Å². The number of hydrogen-bond donors (Lipinski definition) is 0. The minimum atomic E-state index is -0.434. The van der Waals surface area contributed by atoms with E-state index in [1.807, 2.05) is 7.05 Å². The van der Waals surface area contributed by atoms with Crippen molar-refractivity contribution in [3.63, 3.8) is 0 Å². The number of benzene rings is 1. The summed E-state index contributed by atoms with van der Waals surface area (Å²) in [4.78, 5) is 13.6. The first-order chi connectivity index (χ1) is 9.29. The van der Waals surface area contributed by atoms with Crippen molar-refractivity contribution in [3.05, 3.63) is 30.1 Å². The molecular formula is C15H22FNO3. The van der Waals surface area contributed by atoms with E-state index in [-0.39, 0.29) is 18.0 Å². The molecule has 0 heterocycles. The minimum absolute atomic E-state index is 0.0387. The van der Waals surface area contributed by atoms with Crippen molar-refractivity contribution in [2.75, 3.05) is 26.8 Å². The Morgan fingerprint density at radius 1 is 1.25 bits per heavy atom. The van der Waals surface area contributed by atoms with Gasteiger partial charge in [0.15, 0.2) is 6.61 Å². The van der Waals surface area contributed by atoms with E-state index in [0.29, 0.717) is 18.9 Å². The molecule has 4 nitrogen and oxygen atoms in total. The first-order valence-corrected chi connectivity index (χ1v) is 6.54. The molecule has 0 amide bonds. The van der Waals surface area contributed by atoms with Gasteiger partial charge in [-0.05, 0) is 52.1 Å². The summed E-state index contributed by atoms with van der Waals surface area (Å²) in [6.45, 7) is 7.07. The lowest BCUT2D eigenvalue weighted by molar-refractivity contribution is -0.146. The number of hydrogen-bond acceptors (Lipinski definition) is 4. The Bertz CT molecular complexity index is 426. The van der Waals surface area contributed by atoms with Crippen LogP contribution >= 0.6 is 0 Å². The summed E-state index contributed by atoms with van der Waals surface area (Å²) in [5.74, 6) is -0.336. The molecule has 0 spiro atoms. The van der Waals surface area contributed by atoms with Crippen molar-refractivity contribution in [3.8, 4) is 5.75 Å². The number of rotatable bonds is 6. The maximum absolute atomic E-state index is 12.7. The highest BCUT2D eigenvalue weighted by Crippen LogP contribution is 2.11. The van der Waals surface area contributed by atoms with E-state index >= 15 is 0 Å². The molecule has 1 aromatic rings. The molecule has 0 saturated heterocycles. The van der Waals surface area contributed by atoms with Gasteiger partial charge < -0.3 is 9.47 Å². The maximum Gasteiger partial charge on any atom is 0.344 e. The average Bonchev–Trinajstić information content (AvgIpc) is 2.37. The second-order valence-corrected chi connectivity index (χ2v) is 5.56. The van der Waals surface area contributed by atoms with Gasteiger partial charge in [-0.15, -0.1) is 0 Å². The first kappa shape index (κ1) is 16.4. The first-order valence-electron chi connectivity index (χ1n) is 6.54. The Kier molecular flexibility index (Phi) is 5.95. The third-order valence-electron chi connectivity index (χ3n) is 3.01. The molecule has 0 aliphatic heterocycles. The standard InChI is InChI=1S/C15H22FNO3/c1-15(2,3)17(4)9-10-19-14(18)11-20-13-7-5-12(16)6-8-13/h5-8H,9-11H2,1-4H3. The summed E-state index contributed by atoms with van der Waals surface area (Å²) < 4.78 is 22.9. The Hall–Kier alpha value is -1.62. The van der Waals surface area contributed by atoms with Crippen LogP contribution in [0.2, 0.25) is 0 Å². The third-order valence-corrected chi connectivity index (χ3v) is 3.01. The fraction of sp³-hybridized carbons (Fsp3) is 0.533. The van der Waals surface area contributed by atoms with Gasteiger partial charge >= 0.3 is 5.97 Å². The average molecular weight is 283 g/mol. The second kappa shape index (κ2) is 7.24. The van der Waals surface area contributed by atoms with E-state index in [9.17, 15) is 9.18 Å². The fourth-order valence-electron chi connectivity index (χ4n) is 1.35. The molecule has 0 atom stereocenters. The Morgan fingerprint density at radius 2 is 1.85 bits per heavy atom. The van der Waals surface area contributed by atoms with E-state index in [1.54, 1.807) is 0 Å². The summed E-state index contributed by atoms with van der Waals surface area (Å²) in [6.07, 6.45) is 0. The number of esters is 1. The minimum Gasteiger partial charge on any atom is -0.482 e. The van der Waals surface area contributed by atoms with Crippen LogP contribution < -0.4 is 4.74 Å². The van der Waals surface area contributed by atoms with Gasteiger partial charge in [0.2, 0.25) is 0 Å². The van der Waals surface area contributed by atoms with Crippen molar-refractivity contribution in [1.82, 2.24) is 4.90 Å². The van der Waals surface area contributed by atoms with Crippen LogP contribution in [0.3, 0.4) is 0 Å². The van der Waals surface area contributed by atoms with Gasteiger partial charge in [0, 0.05) is 12.1 Å². The second-order valence-electron chi connectivity index (χ2n) is 5.56. The molecule has 112 valence electrons. The summed E-state index contributed by atoms with van der Waals surface area (Å²) in [5, 5.41) is 0. The molecule has 0 fully saturated rings. The number of likely N-dealkylation sites (N-methyl/N-ethyl adjacent to an activating group) is 1. The predicted octanol–water partition coefficient (Wildman–Crippen LogP) is 2.48. The zero-order valence-corrected chi connectivity index (χ0v) is 12.5. The van der Waals surface area contributed by atoms with Crippen molar-refractivity contribution in [2.24, 2.45) is 0 Å². The highest BCUT2D eigenvalue weighted by atomic mass is 19.1. The Labute approximate surface area is 119 Å². The van der Waals surface area contributed by atoms with Crippen LogP contribution in [-0.4, -0.2) is 43.2 Å². The number of carbonyl (C=O) groups is 1. The number of halogens is 1. The SMILES string of the molecule is CN(CCOC(=O)COc1ccc(F)cc1)C(C)(C)C. The number of carbonyl (C=O) groups excluding carboxylic acids is 1. The van der Waals surface area contributed by atoms with Gasteiger partial charge in [0.05, 0.1) is 0 Å². The maximum atomic E-state index is 12.7. The molecule has 0 N–H and O–H groups in total. The van der Waals surface area contributed by atoms with Crippen LogP contribution in [0, 0.1) is 5.82 Å². The molecule has 1 rings (SSSR count). The quantitative estimate of drug-likeness (QED) is 0.752. The normalized spacial score (nSPS) is 11.5. The van der Waals surface area contributed by atoms with E-state index in [0.717, 1.165) is 0 Å². The van der Waals surface area contributed by atoms with Crippen LogP contribution in [0.5, 0.6) is 5.75 Å². The van der Waals surface area contributed by atoms with Gasteiger partial charge in [-0.25, -0.2) is 9.18 Å². The van der Waals surface area contributed by atoms with Crippen molar-refractivity contribution < 1.29 is 18.7 Å². The zero-order valence-electron chi connectivity index (χ0n) is 12.5. The lowest BCUT2D eigenvalue weighted by atomic mass is 10.1. The van der Waals surface area contributed by atoms with Crippen LogP contribution in [0.15, 0.2) is 24.3 Å². The number of nitrogens with zero attached hydrogens (tertiary/aromatic N) is 1. The predicted molar refractivity (Wildman–Crippen MR) is 75.2 cm³/mol. The smallest absolute Gasteiger partial charge is 0.344 e. The molecule has 0 aliphatic carbocycles. The van der Waals surface area contributed by atoms with Crippen LogP contribution in [0.1, 0.15) is 20.8 Å². The van der Waals surface area contributed by atoms with E-state index < -0.39 is 5.97 Å². The van der Waals surface area contributed by atoms with Gasteiger partial charge in [-0.3, -0.25) is 4.90 Å². The summed E-state index contributed by atoms with van der Waals surface area (Å²) in [7, 11) is 1.98. The number of ether oxygens (including phenoxy) is 2. The molecular weight excluding hydrogens is 261 g/mol. The van der Waals surface area contributed by atoms with Crippen LogP contribution in [-0.2, 0) is 9.53 Å². The molecule has 20 heavy (non-hydrogen) atoms. The zero-order chi connectivity index (χ0) is 15.2. The van der Waals surface area contributed by atoms with Gasteiger partial charge in [0.25, 0.3) is 0 Å². The lowest BCUT2D eigenvalue weighted by Gasteiger charge is -2.31. The van der Waals surface area contributed by atoms with Crippen LogP contribution in [0.25, 0.3) is 0 Å². The molecule has 0 bridgehead atoms. The molecule has 0 saturated carbocycles. The highest BCUT2D eigenvalue weighted by Gasteiger charge is 2.16. The summed E-state index contributed by atoms with van der Waals surface area (Å²) >= 11 is 0.